The molecule has 0 radical (unpaired) electrons. The molecule has 0 unspecified atom stereocenters. The molecule has 0 saturated heterocycles. The second-order valence-electron chi connectivity index (χ2n) is 5.11. The van der Waals surface area contributed by atoms with Crippen molar-refractivity contribution < 1.29 is 19.0 Å². The number of hydrogen-bond donors (Lipinski definition) is 2. The summed E-state index contributed by atoms with van der Waals surface area (Å²) in [4.78, 5) is 14.5. The van der Waals surface area contributed by atoms with E-state index in [4.69, 9.17) is 0 Å². The Bertz CT molecular complexity index is 790. The van der Waals surface area contributed by atoms with Gasteiger partial charge in [-0.3, -0.25) is 4.98 Å². The van der Waals surface area contributed by atoms with Gasteiger partial charge in [0.25, 0.3) is 6.33 Å². The van der Waals surface area contributed by atoms with E-state index in [0.717, 1.165) is 12.0 Å². The van der Waals surface area contributed by atoms with Gasteiger partial charge < -0.3 is 5.11 Å². The lowest BCUT2D eigenvalue weighted by atomic mass is 10.1. The van der Waals surface area contributed by atoms with Crippen LogP contribution >= 0.6 is 0 Å². The predicted molar refractivity (Wildman–Crippen MR) is 78.7 cm³/mol. The Morgan fingerprint density at radius 1 is 1.32 bits per heavy atom. The highest BCUT2D eigenvalue weighted by atomic mass is 16.4. The van der Waals surface area contributed by atoms with Gasteiger partial charge in [0, 0.05) is 0 Å². The van der Waals surface area contributed by atoms with Gasteiger partial charge in [0.15, 0.2) is 0 Å². The molecule has 0 aliphatic carbocycles. The minimum absolute atomic E-state index is 0.316. The van der Waals surface area contributed by atoms with Crippen LogP contribution in [0.25, 0.3) is 5.69 Å². The number of carboxylic acid groups (broad SMARTS) is 1. The average Bonchev–Trinajstić information content (AvgIpc) is 3.19. The van der Waals surface area contributed by atoms with Crippen LogP contribution in [0.5, 0.6) is 0 Å². The number of aromatic nitrogens is 4. The largest absolute Gasteiger partial charge is 0.478 e. The maximum Gasteiger partial charge on any atom is 0.340 e. The van der Waals surface area contributed by atoms with E-state index < -0.39 is 5.97 Å². The van der Waals surface area contributed by atoms with Crippen LogP contribution in [0.4, 0.5) is 0 Å². The Hall–Kier alpha value is -2.89. The first-order valence-corrected chi connectivity index (χ1v) is 7.13. The van der Waals surface area contributed by atoms with Crippen LogP contribution < -0.4 is 9.13 Å². The van der Waals surface area contributed by atoms with Crippen molar-refractivity contribution in [3.8, 4) is 5.69 Å². The molecule has 0 saturated carbocycles. The van der Waals surface area contributed by atoms with Crippen LogP contribution in [0.3, 0.4) is 0 Å². The first kappa shape index (κ1) is 14.1. The van der Waals surface area contributed by atoms with E-state index in [1.54, 1.807) is 6.07 Å². The lowest BCUT2D eigenvalue weighted by molar-refractivity contribution is -0.912. The average molecular weight is 298 g/mol. The Morgan fingerprint density at radius 2 is 2.18 bits per heavy atom. The van der Waals surface area contributed by atoms with Crippen LogP contribution in [0.1, 0.15) is 22.8 Å². The standard InChI is InChI=1S/C16H16N4O2/c1-2-13-3-4-15(14(9-13)16(21)22)20-8-7-19(12-20)11-18-6-5-17-10-18/h3-10,12H,2,11H2,1H3/p+2. The van der Waals surface area contributed by atoms with Gasteiger partial charge in [-0.05, 0) is 24.1 Å². The number of aromatic amines is 1. The van der Waals surface area contributed by atoms with Gasteiger partial charge in [-0.2, -0.15) is 9.13 Å². The quantitative estimate of drug-likeness (QED) is 0.694. The van der Waals surface area contributed by atoms with E-state index in [-0.39, 0.29) is 0 Å². The smallest absolute Gasteiger partial charge is 0.340 e. The van der Waals surface area contributed by atoms with Crippen LogP contribution in [-0.4, -0.2) is 20.6 Å². The molecule has 0 spiro atoms. The van der Waals surface area contributed by atoms with Crippen molar-refractivity contribution in [2.45, 2.75) is 20.0 Å². The van der Waals surface area contributed by atoms with E-state index >= 15 is 0 Å². The van der Waals surface area contributed by atoms with Crippen LogP contribution in [0.2, 0.25) is 0 Å². The maximum absolute atomic E-state index is 11.5. The third-order valence-corrected chi connectivity index (χ3v) is 3.60. The van der Waals surface area contributed by atoms with Gasteiger partial charge in [-0.15, -0.1) is 0 Å². The highest BCUT2D eigenvalue weighted by Crippen LogP contribution is 2.17. The summed E-state index contributed by atoms with van der Waals surface area (Å²) >= 11 is 0. The zero-order valence-corrected chi connectivity index (χ0v) is 12.3. The van der Waals surface area contributed by atoms with E-state index in [1.807, 2.05) is 70.2 Å². The van der Waals surface area contributed by atoms with Crippen LogP contribution in [0.15, 0.2) is 55.6 Å². The molecule has 22 heavy (non-hydrogen) atoms. The van der Waals surface area contributed by atoms with E-state index in [9.17, 15) is 9.90 Å². The molecule has 2 N–H and O–H groups in total. The molecule has 3 aromatic rings. The molecule has 0 aliphatic rings. The minimum Gasteiger partial charge on any atom is -0.478 e. The fourth-order valence-electron chi connectivity index (χ4n) is 2.42. The predicted octanol–water partition coefficient (Wildman–Crippen LogP) is 1.15. The molecule has 0 amide bonds. The van der Waals surface area contributed by atoms with Gasteiger partial charge in [-0.25, -0.2) is 9.36 Å². The van der Waals surface area contributed by atoms with E-state index in [2.05, 4.69) is 4.98 Å². The monoisotopic (exact) mass is 298 g/mol. The minimum atomic E-state index is -0.912. The highest BCUT2D eigenvalue weighted by molar-refractivity contribution is 5.92. The zero-order chi connectivity index (χ0) is 15.5. The number of nitrogens with one attached hydrogen (secondary N) is 1. The normalized spacial score (nSPS) is 10.8. The second kappa shape index (κ2) is 5.85. The molecule has 0 fully saturated rings. The van der Waals surface area contributed by atoms with Crippen molar-refractivity contribution in [3.63, 3.8) is 0 Å². The fraction of sp³-hybridized carbons (Fsp3) is 0.188. The van der Waals surface area contributed by atoms with Gasteiger partial charge >= 0.3 is 5.97 Å². The number of carboxylic acids is 1. The number of aromatic carboxylic acids is 1. The molecular formula is C16H18N4O2+2. The molecule has 0 aliphatic heterocycles. The first-order chi connectivity index (χ1) is 10.7. The number of rotatable bonds is 5. The highest BCUT2D eigenvalue weighted by Gasteiger charge is 2.17. The summed E-state index contributed by atoms with van der Waals surface area (Å²) in [5, 5.41) is 9.43. The number of H-pyrrole nitrogens is 1. The van der Waals surface area contributed by atoms with Crippen molar-refractivity contribution in [3.05, 3.63) is 66.8 Å². The fourth-order valence-corrected chi connectivity index (χ4v) is 2.42. The van der Waals surface area contributed by atoms with Crippen LogP contribution in [0, 0.1) is 0 Å². The molecule has 112 valence electrons. The Kier molecular flexibility index (Phi) is 3.74. The molecule has 0 bridgehead atoms. The van der Waals surface area contributed by atoms with Gasteiger partial charge in [-0.1, -0.05) is 13.0 Å². The molecule has 6 nitrogen and oxygen atoms in total. The van der Waals surface area contributed by atoms with Crippen LogP contribution in [-0.2, 0) is 13.1 Å². The topological polar surface area (TPSA) is 65.8 Å². The molecule has 3 rings (SSSR count). The first-order valence-electron chi connectivity index (χ1n) is 7.13. The third kappa shape index (κ3) is 2.76. The number of hydrogen-bond acceptors (Lipinski definition) is 1. The summed E-state index contributed by atoms with van der Waals surface area (Å²) < 4.78 is 5.80. The van der Waals surface area contributed by atoms with E-state index in [0.29, 0.717) is 17.9 Å². The van der Waals surface area contributed by atoms with Gasteiger partial charge in [0.05, 0.1) is 0 Å². The summed E-state index contributed by atoms with van der Waals surface area (Å²) in [7, 11) is 0. The number of benzene rings is 1. The molecule has 1 aromatic carbocycles. The van der Waals surface area contributed by atoms with Crippen molar-refractivity contribution >= 4 is 5.97 Å². The number of nitrogens with zero attached hydrogens (tertiary/aromatic N) is 3. The van der Waals surface area contributed by atoms with Crippen molar-refractivity contribution in [2.75, 3.05) is 0 Å². The third-order valence-electron chi connectivity index (χ3n) is 3.60. The molecule has 0 atom stereocenters. The second-order valence-corrected chi connectivity index (χ2v) is 5.11. The van der Waals surface area contributed by atoms with Crippen molar-refractivity contribution in [1.29, 1.82) is 0 Å². The molecule has 2 heterocycles. The molecular weight excluding hydrogens is 280 g/mol. The lowest BCUT2D eigenvalue weighted by Crippen LogP contribution is -2.49. The summed E-state index contributed by atoms with van der Waals surface area (Å²) in [6, 6.07) is 5.56. The molecule has 2 aromatic heterocycles. The summed E-state index contributed by atoms with van der Waals surface area (Å²) in [5.41, 5.74) is 2.00. The zero-order valence-electron chi connectivity index (χ0n) is 12.3. The van der Waals surface area contributed by atoms with Gasteiger partial charge in [0.2, 0.25) is 13.0 Å². The van der Waals surface area contributed by atoms with Gasteiger partial charge in [0.1, 0.15) is 36.0 Å². The lowest BCUT2D eigenvalue weighted by Gasteiger charge is -2.04. The molecule has 6 heteroatoms. The Morgan fingerprint density at radius 3 is 2.86 bits per heavy atom. The van der Waals surface area contributed by atoms with E-state index in [1.165, 1.54) is 0 Å². The number of imidazole rings is 2. The number of carbonyl (C=O) groups is 1. The summed E-state index contributed by atoms with van der Waals surface area (Å²) in [5.74, 6) is -0.912. The van der Waals surface area contributed by atoms with Crippen molar-refractivity contribution in [1.82, 2.24) is 9.55 Å². The van der Waals surface area contributed by atoms with Crippen molar-refractivity contribution in [2.24, 2.45) is 0 Å². The Balaban J connectivity index is 1.94. The summed E-state index contributed by atoms with van der Waals surface area (Å²) in [6.45, 7) is 2.67. The maximum atomic E-state index is 11.5. The Labute approximate surface area is 127 Å². The SMILES string of the molecule is CCc1ccc(-n2cc[n+](C[n+]3cc[nH]c3)c2)c(C(=O)O)c1. The number of aryl methyl sites for hydroxylation is 1. The summed E-state index contributed by atoms with van der Waals surface area (Å²) in [6.07, 6.45) is 12.1.